The van der Waals surface area contributed by atoms with Crippen molar-refractivity contribution in [1.82, 2.24) is 0 Å². The molecule has 116 valence electrons. The van der Waals surface area contributed by atoms with E-state index in [-0.39, 0.29) is 53.0 Å². The van der Waals surface area contributed by atoms with Gasteiger partial charge in [-0.2, -0.15) is 0 Å². The third-order valence-electron chi connectivity index (χ3n) is 6.24. The lowest BCUT2D eigenvalue weighted by Gasteiger charge is -2.32. The quantitative estimate of drug-likeness (QED) is 0.363. The number of carbonyl (C=O) groups is 3. The Morgan fingerprint density at radius 1 is 0.957 bits per heavy atom. The zero-order chi connectivity index (χ0) is 15.7. The number of allylic oxidation sites excluding steroid dienone is 2. The second-order valence-corrected chi connectivity index (χ2v) is 7.10. The maximum atomic E-state index is 12.6. The van der Waals surface area contributed by atoms with Gasteiger partial charge >= 0.3 is 5.97 Å². The largest absolute Gasteiger partial charge is 0.426 e. The van der Waals surface area contributed by atoms with Crippen molar-refractivity contribution in [2.75, 3.05) is 0 Å². The van der Waals surface area contributed by atoms with Crippen LogP contribution in [0.1, 0.15) is 6.42 Å². The molecule has 0 aliphatic heterocycles. The van der Waals surface area contributed by atoms with E-state index in [2.05, 4.69) is 0 Å². The number of para-hydroxylation sites is 1. The average Bonchev–Trinajstić information content (AvgIpc) is 3.25. The van der Waals surface area contributed by atoms with E-state index < -0.39 is 5.92 Å². The minimum Gasteiger partial charge on any atom is -0.426 e. The van der Waals surface area contributed by atoms with Gasteiger partial charge in [0.1, 0.15) is 17.3 Å². The minimum absolute atomic E-state index is 0.0251. The molecule has 5 rings (SSSR count). The number of benzene rings is 1. The highest BCUT2D eigenvalue weighted by atomic mass is 16.5. The summed E-state index contributed by atoms with van der Waals surface area (Å²) in [6.07, 6.45) is 4.46. The van der Waals surface area contributed by atoms with Crippen molar-refractivity contribution in [3.05, 3.63) is 42.5 Å². The van der Waals surface area contributed by atoms with Crippen molar-refractivity contribution in [3.8, 4) is 5.75 Å². The van der Waals surface area contributed by atoms with Gasteiger partial charge in [0.05, 0.1) is 5.92 Å². The minimum atomic E-state index is -0.394. The first-order chi connectivity index (χ1) is 11.2. The van der Waals surface area contributed by atoms with Crippen molar-refractivity contribution >= 4 is 17.5 Å². The molecule has 3 fully saturated rings. The molecule has 1 aromatic rings. The van der Waals surface area contributed by atoms with Crippen LogP contribution in [0.2, 0.25) is 0 Å². The van der Waals surface area contributed by atoms with E-state index in [9.17, 15) is 14.4 Å². The maximum Gasteiger partial charge on any atom is 0.315 e. The van der Waals surface area contributed by atoms with E-state index in [0.717, 1.165) is 0 Å². The van der Waals surface area contributed by atoms with E-state index in [4.69, 9.17) is 4.74 Å². The standard InChI is InChI=1S/C19H16O4/c20-17-10-6-7-11(17)15-14(10)12-8-13(16(15)18(12)21)19(22)23-9-4-2-1-3-5-9/h1-7,10-16H,8H2. The predicted molar refractivity (Wildman–Crippen MR) is 80.3 cm³/mol. The molecule has 7 atom stereocenters. The third kappa shape index (κ3) is 1.58. The fraction of sp³-hybridized carbons (Fsp3) is 0.421. The summed E-state index contributed by atoms with van der Waals surface area (Å²) in [5.74, 6) is -0.329. The zero-order valence-corrected chi connectivity index (χ0v) is 12.4. The highest BCUT2D eigenvalue weighted by molar-refractivity contribution is 6.01. The molecule has 4 aliphatic rings. The number of carbonyl (C=O) groups excluding carboxylic acids is 3. The fourth-order valence-electron chi connectivity index (χ4n) is 5.46. The van der Waals surface area contributed by atoms with Gasteiger partial charge < -0.3 is 4.74 Å². The van der Waals surface area contributed by atoms with Crippen molar-refractivity contribution < 1.29 is 19.1 Å². The molecule has 1 aromatic carbocycles. The monoisotopic (exact) mass is 308 g/mol. The third-order valence-corrected chi connectivity index (χ3v) is 6.24. The number of hydrogen-bond acceptors (Lipinski definition) is 4. The molecule has 4 aliphatic carbocycles. The predicted octanol–water partition coefficient (Wildman–Crippen LogP) is 2.04. The Kier molecular flexibility index (Phi) is 2.53. The van der Waals surface area contributed by atoms with Gasteiger partial charge in [-0.25, -0.2) is 0 Å². The highest BCUT2D eigenvalue weighted by Gasteiger charge is 2.69. The Labute approximate surface area is 133 Å². The summed E-state index contributed by atoms with van der Waals surface area (Å²) in [6, 6.07) is 8.95. The van der Waals surface area contributed by atoms with Crippen molar-refractivity contribution in [1.29, 1.82) is 0 Å². The van der Waals surface area contributed by atoms with Gasteiger partial charge in [0.15, 0.2) is 0 Å². The SMILES string of the molecule is O=C1C2C=CC1C1C3C(=O)C(CC3C(=O)Oc3ccccc3)C21. The number of ether oxygens (including phenoxy) is 1. The Hall–Kier alpha value is -2.23. The van der Waals surface area contributed by atoms with Gasteiger partial charge in [-0.1, -0.05) is 30.4 Å². The molecule has 0 amide bonds. The fourth-order valence-corrected chi connectivity index (χ4v) is 5.46. The first-order valence-corrected chi connectivity index (χ1v) is 8.19. The van der Waals surface area contributed by atoms with E-state index in [1.54, 1.807) is 12.1 Å². The summed E-state index contributed by atoms with van der Waals surface area (Å²) >= 11 is 0. The summed E-state index contributed by atoms with van der Waals surface area (Å²) in [7, 11) is 0. The topological polar surface area (TPSA) is 60.4 Å². The van der Waals surface area contributed by atoms with Crippen LogP contribution in [0.4, 0.5) is 0 Å². The molecule has 4 heteroatoms. The van der Waals surface area contributed by atoms with Crippen molar-refractivity contribution in [2.24, 2.45) is 41.4 Å². The molecule has 23 heavy (non-hydrogen) atoms. The van der Waals surface area contributed by atoms with Crippen LogP contribution in [0.15, 0.2) is 42.5 Å². The van der Waals surface area contributed by atoms with Gasteiger partial charge in [0.2, 0.25) is 0 Å². The van der Waals surface area contributed by atoms with Crippen LogP contribution in [-0.4, -0.2) is 17.5 Å². The van der Waals surface area contributed by atoms with Gasteiger partial charge in [0.25, 0.3) is 0 Å². The van der Waals surface area contributed by atoms with Gasteiger partial charge in [-0.15, -0.1) is 0 Å². The molecule has 0 saturated heterocycles. The van der Waals surface area contributed by atoms with Gasteiger partial charge in [0, 0.05) is 23.7 Å². The van der Waals surface area contributed by atoms with E-state index >= 15 is 0 Å². The zero-order valence-electron chi connectivity index (χ0n) is 12.4. The first kappa shape index (κ1) is 13.2. The average molecular weight is 308 g/mol. The van der Waals surface area contributed by atoms with E-state index in [1.807, 2.05) is 30.4 Å². The number of ketones is 2. The second kappa shape index (κ2) is 4.40. The molecule has 4 bridgehead atoms. The normalized spacial score (nSPS) is 42.3. The Morgan fingerprint density at radius 2 is 1.65 bits per heavy atom. The number of rotatable bonds is 2. The van der Waals surface area contributed by atoms with Crippen LogP contribution < -0.4 is 4.74 Å². The Morgan fingerprint density at radius 3 is 2.39 bits per heavy atom. The van der Waals surface area contributed by atoms with E-state index in [0.29, 0.717) is 12.2 Å². The van der Waals surface area contributed by atoms with E-state index in [1.165, 1.54) is 0 Å². The van der Waals surface area contributed by atoms with Crippen LogP contribution in [-0.2, 0) is 14.4 Å². The van der Waals surface area contributed by atoms with Crippen LogP contribution in [0.3, 0.4) is 0 Å². The maximum absolute atomic E-state index is 12.6. The molecule has 4 nitrogen and oxygen atoms in total. The molecule has 0 N–H and O–H groups in total. The summed E-state index contributed by atoms with van der Waals surface area (Å²) in [4.78, 5) is 37.5. The van der Waals surface area contributed by atoms with Gasteiger partial charge in [-0.3, -0.25) is 14.4 Å². The molecule has 0 heterocycles. The van der Waals surface area contributed by atoms with Crippen molar-refractivity contribution in [3.63, 3.8) is 0 Å². The number of hydrogen-bond donors (Lipinski definition) is 0. The molecule has 0 aromatic heterocycles. The molecule has 0 spiro atoms. The molecule has 0 radical (unpaired) electrons. The van der Waals surface area contributed by atoms with Crippen LogP contribution >= 0.6 is 0 Å². The molecule has 3 saturated carbocycles. The summed E-state index contributed by atoms with van der Waals surface area (Å²) in [6.45, 7) is 0. The lowest BCUT2D eigenvalue weighted by Crippen LogP contribution is -2.36. The summed E-state index contributed by atoms with van der Waals surface area (Å²) in [5, 5.41) is 0. The summed E-state index contributed by atoms with van der Waals surface area (Å²) < 4.78 is 5.46. The number of fused-ring (bicyclic) bond motifs is 9. The van der Waals surface area contributed by atoms with Gasteiger partial charge in [-0.05, 0) is 30.4 Å². The molecular weight excluding hydrogens is 292 g/mol. The van der Waals surface area contributed by atoms with Crippen LogP contribution in [0.5, 0.6) is 5.75 Å². The lowest BCUT2D eigenvalue weighted by atomic mass is 9.69. The van der Waals surface area contributed by atoms with Crippen molar-refractivity contribution in [2.45, 2.75) is 6.42 Å². The number of esters is 1. The van der Waals surface area contributed by atoms with Crippen LogP contribution in [0, 0.1) is 41.4 Å². The summed E-state index contributed by atoms with van der Waals surface area (Å²) in [5.41, 5.74) is 0. The lowest BCUT2D eigenvalue weighted by molar-refractivity contribution is -0.143. The first-order valence-electron chi connectivity index (χ1n) is 8.19. The highest BCUT2D eigenvalue weighted by Crippen LogP contribution is 2.64. The van der Waals surface area contributed by atoms with Crippen LogP contribution in [0.25, 0.3) is 0 Å². The molecular formula is C19H16O4. The Bertz CT molecular complexity index is 750. The number of Topliss-reactive ketones (excluding diaryl/α,β-unsaturated/α-hetero) is 2. The molecule has 7 unspecified atom stereocenters. The second-order valence-electron chi connectivity index (χ2n) is 7.10. The smallest absolute Gasteiger partial charge is 0.315 e. The Balaban J connectivity index is 1.43.